The highest BCUT2D eigenvalue weighted by Crippen LogP contribution is 2.25. The number of nitro benzene ring substituents is 1. The summed E-state index contributed by atoms with van der Waals surface area (Å²) >= 11 is 4.51. The molecule has 0 radical (unpaired) electrons. The maximum atomic E-state index is 10.6. The number of non-ortho nitro benzene ring substituents is 1. The third-order valence-electron chi connectivity index (χ3n) is 1.96. The van der Waals surface area contributed by atoms with Crippen LogP contribution in [0, 0.1) is 10.1 Å². The van der Waals surface area contributed by atoms with Crippen molar-refractivity contribution in [2.75, 3.05) is 0 Å². The third-order valence-corrected chi connectivity index (χ3v) is 2.05. The lowest BCUT2D eigenvalue weighted by Crippen LogP contribution is -1.91. The van der Waals surface area contributed by atoms with E-state index in [-0.39, 0.29) is 5.69 Å². The van der Waals surface area contributed by atoms with Crippen LogP contribution in [0.4, 0.5) is 11.4 Å². The predicted molar refractivity (Wildman–Crippen MR) is 61.8 cm³/mol. The Hall–Kier alpha value is -1.58. The monoisotopic (exact) mass is 222 g/mol. The number of hydrogen-bond donors (Lipinski definition) is 0. The van der Waals surface area contributed by atoms with Crippen LogP contribution in [0.15, 0.2) is 23.2 Å². The van der Waals surface area contributed by atoms with E-state index >= 15 is 0 Å². The summed E-state index contributed by atoms with van der Waals surface area (Å²) in [6.45, 7) is 2.00. The van der Waals surface area contributed by atoms with Gasteiger partial charge in [-0.15, -0.1) is 0 Å². The first-order valence-corrected chi connectivity index (χ1v) is 4.95. The Morgan fingerprint density at radius 3 is 2.87 bits per heavy atom. The summed E-state index contributed by atoms with van der Waals surface area (Å²) in [7, 11) is 0. The van der Waals surface area contributed by atoms with Crippen LogP contribution in [0.2, 0.25) is 0 Å². The van der Waals surface area contributed by atoms with Gasteiger partial charge in [-0.05, 0) is 30.3 Å². The van der Waals surface area contributed by atoms with Crippen molar-refractivity contribution in [3.63, 3.8) is 0 Å². The number of hydrogen-bond acceptors (Lipinski definition) is 4. The molecule has 0 bridgehead atoms. The minimum Gasteiger partial charge on any atom is -0.258 e. The number of nitro groups is 1. The van der Waals surface area contributed by atoms with E-state index in [2.05, 4.69) is 22.4 Å². The molecule has 0 saturated heterocycles. The van der Waals surface area contributed by atoms with Gasteiger partial charge in [0.1, 0.15) is 0 Å². The van der Waals surface area contributed by atoms with E-state index in [4.69, 9.17) is 0 Å². The van der Waals surface area contributed by atoms with Crippen LogP contribution in [0.25, 0.3) is 0 Å². The quantitative estimate of drug-likeness (QED) is 0.340. The number of thiocarbonyl (C=S) groups is 1. The first-order chi connectivity index (χ1) is 7.19. The molecule has 78 valence electrons. The van der Waals surface area contributed by atoms with Crippen molar-refractivity contribution >= 4 is 28.8 Å². The van der Waals surface area contributed by atoms with E-state index in [0.717, 1.165) is 18.4 Å². The standard InChI is InChI=1S/C10H10N2O2S/c1-2-3-8-6-9(12(13)14)4-5-10(8)11-7-15/h4-6H,2-3H2,1H3. The molecular weight excluding hydrogens is 212 g/mol. The van der Waals surface area contributed by atoms with Gasteiger partial charge in [-0.2, -0.15) is 4.99 Å². The molecule has 4 nitrogen and oxygen atoms in total. The summed E-state index contributed by atoms with van der Waals surface area (Å²) in [5, 5.41) is 12.8. The molecule has 1 aromatic carbocycles. The fourth-order valence-corrected chi connectivity index (χ4v) is 1.41. The fraction of sp³-hybridized carbons (Fsp3) is 0.300. The largest absolute Gasteiger partial charge is 0.269 e. The minimum atomic E-state index is -0.413. The SMILES string of the molecule is CCCc1cc([N+](=O)[O-])ccc1N=C=S. The van der Waals surface area contributed by atoms with Crippen molar-refractivity contribution in [1.29, 1.82) is 0 Å². The van der Waals surface area contributed by atoms with Gasteiger partial charge in [-0.1, -0.05) is 13.3 Å². The molecule has 0 saturated carbocycles. The van der Waals surface area contributed by atoms with Gasteiger partial charge in [0.25, 0.3) is 5.69 Å². The highest BCUT2D eigenvalue weighted by Gasteiger charge is 2.09. The van der Waals surface area contributed by atoms with Gasteiger partial charge >= 0.3 is 0 Å². The molecule has 0 heterocycles. The van der Waals surface area contributed by atoms with Crippen LogP contribution in [0.3, 0.4) is 0 Å². The Balaban J connectivity index is 3.19. The summed E-state index contributed by atoms with van der Waals surface area (Å²) in [5.41, 5.74) is 1.59. The molecule has 0 aliphatic heterocycles. The number of aliphatic imine (C=N–C) groups is 1. The topological polar surface area (TPSA) is 55.5 Å². The second-order valence-electron chi connectivity index (χ2n) is 3.02. The Labute approximate surface area is 92.8 Å². The minimum absolute atomic E-state index is 0.0850. The molecule has 0 aliphatic carbocycles. The number of aryl methyl sites for hydroxylation is 1. The Bertz CT molecular complexity index is 425. The normalized spacial score (nSPS) is 9.40. The summed E-state index contributed by atoms with van der Waals surface area (Å²) in [6.07, 6.45) is 1.65. The van der Waals surface area contributed by atoms with Gasteiger partial charge in [-0.25, -0.2) is 0 Å². The van der Waals surface area contributed by atoms with Crippen molar-refractivity contribution in [1.82, 2.24) is 0 Å². The third kappa shape index (κ3) is 2.94. The number of benzene rings is 1. The van der Waals surface area contributed by atoms with Gasteiger partial charge < -0.3 is 0 Å². The molecule has 5 heteroatoms. The van der Waals surface area contributed by atoms with Crippen molar-refractivity contribution in [3.8, 4) is 0 Å². The maximum Gasteiger partial charge on any atom is 0.269 e. The van der Waals surface area contributed by atoms with Gasteiger partial charge in [0.05, 0.1) is 15.8 Å². The highest BCUT2D eigenvalue weighted by molar-refractivity contribution is 7.78. The molecule has 0 fully saturated rings. The van der Waals surface area contributed by atoms with Gasteiger partial charge in [0.2, 0.25) is 0 Å². The Morgan fingerprint density at radius 1 is 1.60 bits per heavy atom. The highest BCUT2D eigenvalue weighted by atomic mass is 32.1. The molecule has 0 aromatic heterocycles. The van der Waals surface area contributed by atoms with Crippen LogP contribution in [-0.4, -0.2) is 10.1 Å². The number of nitrogens with zero attached hydrogens (tertiary/aromatic N) is 2. The maximum absolute atomic E-state index is 10.6. The fourth-order valence-electron chi connectivity index (χ4n) is 1.31. The van der Waals surface area contributed by atoms with E-state index in [1.54, 1.807) is 6.07 Å². The van der Waals surface area contributed by atoms with Crippen LogP contribution >= 0.6 is 12.2 Å². The van der Waals surface area contributed by atoms with Crippen molar-refractivity contribution < 1.29 is 4.92 Å². The molecule has 0 spiro atoms. The molecule has 1 rings (SSSR count). The summed E-state index contributed by atoms with van der Waals surface area (Å²) < 4.78 is 0. The first kappa shape index (κ1) is 11.5. The molecule has 0 aliphatic rings. The van der Waals surface area contributed by atoms with E-state index in [1.165, 1.54) is 12.1 Å². The zero-order valence-electron chi connectivity index (χ0n) is 8.27. The second-order valence-corrected chi connectivity index (χ2v) is 3.21. The molecular formula is C10H10N2O2S. The number of rotatable bonds is 4. The van der Waals surface area contributed by atoms with Crippen molar-refractivity contribution in [2.24, 2.45) is 4.99 Å². The molecule has 0 amide bonds. The molecule has 0 N–H and O–H groups in total. The Kier molecular flexibility index (Phi) is 4.09. The molecule has 0 unspecified atom stereocenters. The first-order valence-electron chi connectivity index (χ1n) is 4.54. The molecule has 1 aromatic rings. The molecule has 15 heavy (non-hydrogen) atoms. The van der Waals surface area contributed by atoms with E-state index < -0.39 is 4.92 Å². The van der Waals surface area contributed by atoms with Gasteiger partial charge in [-0.3, -0.25) is 10.1 Å². The molecule has 0 atom stereocenters. The second kappa shape index (κ2) is 5.34. The number of isothiocyanates is 1. The van der Waals surface area contributed by atoms with E-state index in [9.17, 15) is 10.1 Å². The van der Waals surface area contributed by atoms with Crippen LogP contribution in [0.5, 0.6) is 0 Å². The smallest absolute Gasteiger partial charge is 0.258 e. The average Bonchev–Trinajstić information content (AvgIpc) is 2.21. The van der Waals surface area contributed by atoms with Crippen LogP contribution < -0.4 is 0 Å². The average molecular weight is 222 g/mol. The summed E-state index contributed by atoms with van der Waals surface area (Å²) in [4.78, 5) is 14.0. The summed E-state index contributed by atoms with van der Waals surface area (Å²) in [5.74, 6) is 0. The van der Waals surface area contributed by atoms with Gasteiger partial charge in [0.15, 0.2) is 0 Å². The van der Waals surface area contributed by atoms with E-state index in [1.807, 2.05) is 6.92 Å². The van der Waals surface area contributed by atoms with E-state index in [0.29, 0.717) is 5.69 Å². The van der Waals surface area contributed by atoms with Crippen LogP contribution in [0.1, 0.15) is 18.9 Å². The lowest BCUT2D eigenvalue weighted by molar-refractivity contribution is -0.384. The van der Waals surface area contributed by atoms with Crippen LogP contribution in [-0.2, 0) is 6.42 Å². The van der Waals surface area contributed by atoms with Crippen molar-refractivity contribution in [3.05, 3.63) is 33.9 Å². The Morgan fingerprint density at radius 2 is 2.33 bits per heavy atom. The summed E-state index contributed by atoms with van der Waals surface area (Å²) in [6, 6.07) is 4.56. The zero-order valence-corrected chi connectivity index (χ0v) is 9.08. The predicted octanol–water partition coefficient (Wildman–Crippen LogP) is 3.28. The van der Waals surface area contributed by atoms with Gasteiger partial charge in [0, 0.05) is 12.1 Å². The lowest BCUT2D eigenvalue weighted by atomic mass is 10.1. The lowest BCUT2D eigenvalue weighted by Gasteiger charge is -2.02. The van der Waals surface area contributed by atoms with Crippen molar-refractivity contribution in [2.45, 2.75) is 19.8 Å². The zero-order chi connectivity index (χ0) is 11.3.